The van der Waals surface area contributed by atoms with Crippen LogP contribution < -0.4 is 5.56 Å². The van der Waals surface area contributed by atoms with Crippen LogP contribution in [0.5, 0.6) is 0 Å². The zero-order chi connectivity index (χ0) is 25.3. The molecular weight excluding hydrogens is 464 g/mol. The second-order valence-electron chi connectivity index (χ2n) is 9.00. The highest BCUT2D eigenvalue weighted by atomic mass is 32.2. The molecule has 7 nitrogen and oxygen atoms in total. The van der Waals surface area contributed by atoms with Crippen molar-refractivity contribution < 1.29 is 19.1 Å². The second kappa shape index (κ2) is 10.3. The predicted octanol–water partition coefficient (Wildman–Crippen LogP) is 4.57. The summed E-state index contributed by atoms with van der Waals surface area (Å²) < 4.78 is 12.2. The van der Waals surface area contributed by atoms with Crippen molar-refractivity contribution >= 4 is 34.4 Å². The molecule has 1 aromatic heterocycles. The fourth-order valence-electron chi connectivity index (χ4n) is 4.42. The SMILES string of the molecule is COC(=O)c1ccc2c(=O)n(CC3CCCO3)c(SCC(=O)c3cc(C)c(C)c(C)c3C)nc2c1. The molecule has 0 radical (unpaired) electrons. The van der Waals surface area contributed by atoms with Gasteiger partial charge in [-0.1, -0.05) is 11.8 Å². The molecule has 1 aliphatic heterocycles. The van der Waals surface area contributed by atoms with Gasteiger partial charge in [-0.2, -0.15) is 0 Å². The average Bonchev–Trinajstić information content (AvgIpc) is 3.37. The summed E-state index contributed by atoms with van der Waals surface area (Å²) in [5.74, 6) is -0.370. The fraction of sp³-hybridized carbons (Fsp3) is 0.407. The Labute approximate surface area is 208 Å². The summed E-state index contributed by atoms with van der Waals surface area (Å²) in [7, 11) is 1.31. The molecule has 1 saturated heterocycles. The summed E-state index contributed by atoms with van der Waals surface area (Å²) in [6, 6.07) is 6.66. The summed E-state index contributed by atoms with van der Waals surface area (Å²) in [4.78, 5) is 43.4. The van der Waals surface area contributed by atoms with Crippen LogP contribution in [0.4, 0.5) is 0 Å². The van der Waals surface area contributed by atoms with Gasteiger partial charge in [-0.15, -0.1) is 0 Å². The van der Waals surface area contributed by atoms with Gasteiger partial charge in [0, 0.05) is 12.2 Å². The van der Waals surface area contributed by atoms with Gasteiger partial charge in [0.2, 0.25) is 0 Å². The lowest BCUT2D eigenvalue weighted by Gasteiger charge is -2.17. The van der Waals surface area contributed by atoms with Crippen LogP contribution in [-0.2, 0) is 16.0 Å². The molecule has 0 aliphatic carbocycles. The number of methoxy groups -OCH3 is 1. The molecule has 8 heteroatoms. The van der Waals surface area contributed by atoms with Crippen LogP contribution >= 0.6 is 11.8 Å². The maximum absolute atomic E-state index is 13.4. The van der Waals surface area contributed by atoms with Gasteiger partial charge in [0.1, 0.15) is 0 Å². The molecule has 0 N–H and O–H groups in total. The minimum absolute atomic E-state index is 0.0139. The smallest absolute Gasteiger partial charge is 0.337 e. The minimum atomic E-state index is -0.498. The van der Waals surface area contributed by atoms with Crippen molar-refractivity contribution in [3.05, 3.63) is 68.0 Å². The van der Waals surface area contributed by atoms with Crippen molar-refractivity contribution in [3.63, 3.8) is 0 Å². The number of benzene rings is 2. The largest absolute Gasteiger partial charge is 0.465 e. The number of ketones is 1. The lowest BCUT2D eigenvalue weighted by atomic mass is 9.93. The molecular formula is C27H30N2O5S. The standard InChI is InChI=1S/C27H30N2O5S/c1-15-11-22(18(4)17(3)16(15)2)24(30)14-35-27-28-23-12-19(26(32)33-5)8-9-21(23)25(31)29(27)13-20-7-6-10-34-20/h8-9,11-12,20H,6-7,10,13-14H2,1-5H3. The van der Waals surface area contributed by atoms with E-state index in [4.69, 9.17) is 14.5 Å². The van der Waals surface area contributed by atoms with E-state index >= 15 is 0 Å². The maximum atomic E-state index is 13.4. The first-order valence-corrected chi connectivity index (χ1v) is 12.7. The number of Topliss-reactive ketones (excluding diaryl/α,β-unsaturated/α-hetero) is 1. The zero-order valence-electron chi connectivity index (χ0n) is 20.8. The molecule has 0 amide bonds. The Balaban J connectivity index is 1.72. The Morgan fingerprint density at radius 1 is 1.14 bits per heavy atom. The summed E-state index contributed by atoms with van der Waals surface area (Å²) in [5, 5.41) is 0.846. The van der Waals surface area contributed by atoms with Crippen molar-refractivity contribution in [1.82, 2.24) is 9.55 Å². The third kappa shape index (κ3) is 5.04. The van der Waals surface area contributed by atoms with E-state index in [0.717, 1.165) is 29.5 Å². The van der Waals surface area contributed by atoms with Crippen molar-refractivity contribution in [2.75, 3.05) is 19.5 Å². The Kier molecular flexibility index (Phi) is 7.42. The van der Waals surface area contributed by atoms with Crippen LogP contribution in [-0.4, -0.2) is 46.9 Å². The van der Waals surface area contributed by atoms with Crippen LogP contribution in [0.3, 0.4) is 0 Å². The molecule has 2 aromatic carbocycles. The van der Waals surface area contributed by atoms with E-state index in [-0.39, 0.29) is 23.2 Å². The molecule has 35 heavy (non-hydrogen) atoms. The summed E-state index contributed by atoms with van der Waals surface area (Å²) in [6.07, 6.45) is 1.76. The second-order valence-corrected chi connectivity index (χ2v) is 9.94. The molecule has 0 saturated carbocycles. The lowest BCUT2D eigenvalue weighted by molar-refractivity contribution is 0.0600. The maximum Gasteiger partial charge on any atom is 0.337 e. The first kappa shape index (κ1) is 25.1. The zero-order valence-corrected chi connectivity index (χ0v) is 21.6. The van der Waals surface area contributed by atoms with E-state index in [9.17, 15) is 14.4 Å². The lowest BCUT2D eigenvalue weighted by Crippen LogP contribution is -2.29. The number of esters is 1. The first-order chi connectivity index (χ1) is 16.7. The third-order valence-corrected chi connectivity index (χ3v) is 7.84. The van der Waals surface area contributed by atoms with Gasteiger partial charge in [0.05, 0.1) is 42.0 Å². The molecule has 4 rings (SSSR count). The first-order valence-electron chi connectivity index (χ1n) is 11.7. The Morgan fingerprint density at radius 3 is 2.60 bits per heavy atom. The summed E-state index contributed by atoms with van der Waals surface area (Å²) >= 11 is 1.24. The highest BCUT2D eigenvalue weighted by Crippen LogP contribution is 2.26. The van der Waals surface area contributed by atoms with Gasteiger partial charge in [0.15, 0.2) is 10.9 Å². The number of nitrogens with zero attached hydrogens (tertiary/aromatic N) is 2. The molecule has 1 aliphatic rings. The van der Waals surface area contributed by atoms with Gasteiger partial charge in [-0.25, -0.2) is 9.78 Å². The number of carbonyl (C=O) groups excluding carboxylic acids is 2. The number of aromatic nitrogens is 2. The molecule has 0 bridgehead atoms. The molecule has 1 atom stereocenters. The van der Waals surface area contributed by atoms with E-state index < -0.39 is 5.97 Å². The van der Waals surface area contributed by atoms with Crippen molar-refractivity contribution in [1.29, 1.82) is 0 Å². The fourth-order valence-corrected chi connectivity index (χ4v) is 5.31. The average molecular weight is 495 g/mol. The van der Waals surface area contributed by atoms with Gasteiger partial charge >= 0.3 is 5.97 Å². The van der Waals surface area contributed by atoms with Crippen molar-refractivity contribution in [3.8, 4) is 0 Å². The molecule has 3 aromatic rings. The van der Waals surface area contributed by atoms with Gasteiger partial charge in [0.25, 0.3) is 5.56 Å². The number of fused-ring (bicyclic) bond motifs is 1. The van der Waals surface area contributed by atoms with E-state index in [1.807, 2.05) is 26.8 Å². The molecule has 184 valence electrons. The van der Waals surface area contributed by atoms with E-state index in [0.29, 0.717) is 40.3 Å². The van der Waals surface area contributed by atoms with E-state index in [1.165, 1.54) is 24.4 Å². The topological polar surface area (TPSA) is 87.5 Å². The highest BCUT2D eigenvalue weighted by molar-refractivity contribution is 7.99. The summed E-state index contributed by atoms with van der Waals surface area (Å²) in [5.41, 5.74) is 5.56. The van der Waals surface area contributed by atoms with Crippen LogP contribution in [0.25, 0.3) is 10.9 Å². The third-order valence-electron chi connectivity index (χ3n) is 6.87. The number of aryl methyl sites for hydroxylation is 1. The number of thioether (sulfide) groups is 1. The number of hydrogen-bond acceptors (Lipinski definition) is 7. The number of ether oxygens (including phenoxy) is 2. The highest BCUT2D eigenvalue weighted by Gasteiger charge is 2.22. The Morgan fingerprint density at radius 2 is 1.91 bits per heavy atom. The van der Waals surface area contributed by atoms with Crippen LogP contribution in [0.1, 0.15) is 55.8 Å². The van der Waals surface area contributed by atoms with E-state index in [2.05, 4.69) is 6.92 Å². The van der Waals surface area contributed by atoms with Crippen molar-refractivity contribution in [2.45, 2.75) is 58.3 Å². The number of rotatable bonds is 7. The minimum Gasteiger partial charge on any atom is -0.465 e. The quantitative estimate of drug-likeness (QED) is 0.206. The number of hydrogen-bond donors (Lipinski definition) is 0. The molecule has 1 fully saturated rings. The van der Waals surface area contributed by atoms with Crippen molar-refractivity contribution in [2.24, 2.45) is 0 Å². The predicted molar refractivity (Wildman–Crippen MR) is 137 cm³/mol. The van der Waals surface area contributed by atoms with Crippen LogP contribution in [0.2, 0.25) is 0 Å². The molecule has 0 spiro atoms. The molecule has 2 heterocycles. The van der Waals surface area contributed by atoms with Gasteiger partial charge in [-0.05, 0) is 87.1 Å². The Hall–Kier alpha value is -2.97. The van der Waals surface area contributed by atoms with Gasteiger partial charge < -0.3 is 9.47 Å². The van der Waals surface area contributed by atoms with E-state index in [1.54, 1.807) is 22.8 Å². The molecule has 1 unspecified atom stereocenters. The number of carbonyl (C=O) groups is 2. The summed E-state index contributed by atoms with van der Waals surface area (Å²) in [6.45, 7) is 9.12. The normalized spacial score (nSPS) is 15.5. The Bertz CT molecular complexity index is 1370. The van der Waals surface area contributed by atoms with Gasteiger partial charge in [-0.3, -0.25) is 14.2 Å². The van der Waals surface area contributed by atoms with Crippen LogP contribution in [0.15, 0.2) is 34.2 Å². The monoisotopic (exact) mass is 494 g/mol. The van der Waals surface area contributed by atoms with Crippen LogP contribution in [0, 0.1) is 27.7 Å².